The molecule has 0 atom stereocenters. The van der Waals surface area contributed by atoms with Gasteiger partial charge in [-0.25, -0.2) is 0 Å². The fourth-order valence-corrected chi connectivity index (χ4v) is 2.88. The molecule has 0 saturated carbocycles. The lowest BCUT2D eigenvalue weighted by Gasteiger charge is -2.34. The number of methoxy groups -OCH3 is 1. The summed E-state index contributed by atoms with van der Waals surface area (Å²) in [5.41, 5.74) is 2.59. The largest absolute Gasteiger partial charge is 0.383 e. The average molecular weight is 319 g/mol. The predicted octanol–water partition coefficient (Wildman–Crippen LogP) is 0.918. The molecule has 128 valence electrons. The minimum absolute atomic E-state index is 0.129. The molecule has 2 rings (SSSR count). The van der Waals surface area contributed by atoms with Gasteiger partial charge in [-0.15, -0.1) is 0 Å². The van der Waals surface area contributed by atoms with Gasteiger partial charge in [0.25, 0.3) is 0 Å². The van der Waals surface area contributed by atoms with Gasteiger partial charge < -0.3 is 10.1 Å². The van der Waals surface area contributed by atoms with E-state index in [1.165, 1.54) is 11.1 Å². The molecule has 0 spiro atoms. The zero-order valence-corrected chi connectivity index (χ0v) is 14.4. The molecule has 5 nitrogen and oxygen atoms in total. The number of piperazine rings is 1. The highest BCUT2D eigenvalue weighted by atomic mass is 16.5. The molecule has 0 aromatic heterocycles. The van der Waals surface area contributed by atoms with Crippen LogP contribution in [-0.2, 0) is 16.0 Å². The van der Waals surface area contributed by atoms with Gasteiger partial charge in [-0.05, 0) is 24.5 Å². The van der Waals surface area contributed by atoms with Gasteiger partial charge in [-0.1, -0.05) is 24.3 Å². The highest BCUT2D eigenvalue weighted by Gasteiger charge is 2.18. The molecule has 1 aliphatic rings. The van der Waals surface area contributed by atoms with Crippen molar-refractivity contribution in [3.63, 3.8) is 0 Å². The summed E-state index contributed by atoms with van der Waals surface area (Å²) in [7, 11) is 1.73. The summed E-state index contributed by atoms with van der Waals surface area (Å²) in [5, 5.41) is 3.04. The number of nitrogens with zero attached hydrogens (tertiary/aromatic N) is 2. The van der Waals surface area contributed by atoms with Crippen LogP contribution in [0.4, 0.5) is 0 Å². The lowest BCUT2D eigenvalue weighted by molar-refractivity contribution is -0.122. The Morgan fingerprint density at radius 2 is 1.87 bits per heavy atom. The molecule has 1 saturated heterocycles. The van der Waals surface area contributed by atoms with E-state index in [1.54, 1.807) is 7.11 Å². The molecule has 5 heteroatoms. The number of carbonyl (C=O) groups excluding carboxylic acids is 1. The molecule has 0 bridgehead atoms. The molecular formula is C18H29N3O2. The zero-order chi connectivity index (χ0) is 16.5. The Morgan fingerprint density at radius 1 is 1.17 bits per heavy atom. The monoisotopic (exact) mass is 319 g/mol. The van der Waals surface area contributed by atoms with E-state index in [9.17, 15) is 4.79 Å². The highest BCUT2D eigenvalue weighted by molar-refractivity contribution is 5.78. The maximum atomic E-state index is 12.1. The number of hydrogen-bond donors (Lipinski definition) is 1. The molecule has 0 radical (unpaired) electrons. The fourth-order valence-electron chi connectivity index (χ4n) is 2.88. The van der Waals surface area contributed by atoms with E-state index >= 15 is 0 Å². The van der Waals surface area contributed by atoms with Crippen LogP contribution in [0.3, 0.4) is 0 Å². The Morgan fingerprint density at radius 3 is 2.57 bits per heavy atom. The lowest BCUT2D eigenvalue weighted by atomic mass is 10.1. The van der Waals surface area contributed by atoms with Crippen molar-refractivity contribution in [2.24, 2.45) is 0 Å². The van der Waals surface area contributed by atoms with Crippen molar-refractivity contribution >= 4 is 5.91 Å². The normalized spacial score (nSPS) is 16.4. The second kappa shape index (κ2) is 9.65. The Kier molecular flexibility index (Phi) is 7.52. The molecule has 1 N–H and O–H groups in total. The van der Waals surface area contributed by atoms with Crippen molar-refractivity contribution in [2.45, 2.75) is 13.3 Å². The van der Waals surface area contributed by atoms with Crippen LogP contribution in [0.1, 0.15) is 11.1 Å². The van der Waals surface area contributed by atoms with Crippen LogP contribution >= 0.6 is 0 Å². The summed E-state index contributed by atoms with van der Waals surface area (Å²) in [6, 6.07) is 8.33. The van der Waals surface area contributed by atoms with Crippen LogP contribution in [0.25, 0.3) is 0 Å². The third kappa shape index (κ3) is 6.29. The van der Waals surface area contributed by atoms with E-state index in [0.29, 0.717) is 13.1 Å². The molecule has 23 heavy (non-hydrogen) atoms. The molecule has 1 aromatic carbocycles. The van der Waals surface area contributed by atoms with E-state index in [-0.39, 0.29) is 5.91 Å². The van der Waals surface area contributed by atoms with Gasteiger partial charge in [0.15, 0.2) is 0 Å². The minimum atomic E-state index is 0.129. The van der Waals surface area contributed by atoms with Crippen molar-refractivity contribution < 1.29 is 9.53 Å². The van der Waals surface area contributed by atoms with E-state index in [0.717, 1.165) is 45.8 Å². The first-order valence-corrected chi connectivity index (χ1v) is 8.44. The van der Waals surface area contributed by atoms with E-state index in [4.69, 9.17) is 4.74 Å². The van der Waals surface area contributed by atoms with E-state index in [1.807, 2.05) is 12.1 Å². The molecule has 0 unspecified atom stereocenters. The molecule has 1 aliphatic heterocycles. The fraction of sp³-hybridized carbons (Fsp3) is 0.611. The lowest BCUT2D eigenvalue weighted by Crippen LogP contribution is -2.50. The van der Waals surface area contributed by atoms with E-state index in [2.05, 4.69) is 34.2 Å². The second-order valence-corrected chi connectivity index (χ2v) is 6.14. The van der Waals surface area contributed by atoms with Crippen LogP contribution in [0.5, 0.6) is 0 Å². The van der Waals surface area contributed by atoms with Gasteiger partial charge in [0, 0.05) is 46.4 Å². The van der Waals surface area contributed by atoms with E-state index < -0.39 is 0 Å². The maximum absolute atomic E-state index is 12.1. The summed E-state index contributed by atoms with van der Waals surface area (Å²) in [6.45, 7) is 9.01. The second-order valence-electron chi connectivity index (χ2n) is 6.14. The molecule has 0 aliphatic carbocycles. The summed E-state index contributed by atoms with van der Waals surface area (Å²) in [6.07, 6.45) is 0.892. The van der Waals surface area contributed by atoms with Gasteiger partial charge >= 0.3 is 0 Å². The van der Waals surface area contributed by atoms with Crippen molar-refractivity contribution in [3.8, 4) is 0 Å². The van der Waals surface area contributed by atoms with Gasteiger partial charge in [0.1, 0.15) is 0 Å². The standard InChI is InChI=1S/C18H29N3O2/c1-16-5-3-4-6-17(16)7-8-19-18(22)15-21-11-9-20(10-12-21)13-14-23-2/h3-6H,7-15H2,1-2H3,(H,19,22). The number of benzene rings is 1. The smallest absolute Gasteiger partial charge is 0.234 e. The minimum Gasteiger partial charge on any atom is -0.383 e. The quantitative estimate of drug-likeness (QED) is 0.774. The van der Waals surface area contributed by atoms with Crippen LogP contribution in [0.2, 0.25) is 0 Å². The van der Waals surface area contributed by atoms with Crippen LogP contribution in [0, 0.1) is 6.92 Å². The number of nitrogens with one attached hydrogen (secondary N) is 1. The summed E-state index contributed by atoms with van der Waals surface area (Å²) < 4.78 is 5.11. The van der Waals surface area contributed by atoms with Gasteiger partial charge in [-0.3, -0.25) is 14.6 Å². The third-order valence-electron chi connectivity index (χ3n) is 4.42. The topological polar surface area (TPSA) is 44.8 Å². The molecule has 1 fully saturated rings. The van der Waals surface area contributed by atoms with Crippen LogP contribution < -0.4 is 5.32 Å². The summed E-state index contributed by atoms with van der Waals surface area (Å²) in [4.78, 5) is 16.7. The number of hydrogen-bond acceptors (Lipinski definition) is 4. The molecule has 1 aromatic rings. The van der Waals surface area contributed by atoms with Crippen molar-refractivity contribution in [2.75, 3.05) is 59.5 Å². The Labute approximate surface area is 139 Å². The predicted molar refractivity (Wildman–Crippen MR) is 92.6 cm³/mol. The molecule has 1 amide bonds. The summed E-state index contributed by atoms with van der Waals surface area (Å²) >= 11 is 0. The molecule has 1 heterocycles. The first-order valence-electron chi connectivity index (χ1n) is 8.44. The zero-order valence-electron chi connectivity index (χ0n) is 14.4. The number of rotatable bonds is 8. The average Bonchev–Trinajstić information content (AvgIpc) is 2.56. The maximum Gasteiger partial charge on any atom is 0.234 e. The van der Waals surface area contributed by atoms with Gasteiger partial charge in [-0.2, -0.15) is 0 Å². The Bertz CT molecular complexity index is 485. The van der Waals surface area contributed by atoms with Crippen molar-refractivity contribution in [1.82, 2.24) is 15.1 Å². The SMILES string of the molecule is COCCN1CCN(CC(=O)NCCc2ccccc2C)CC1. The van der Waals surface area contributed by atoms with Crippen molar-refractivity contribution in [1.29, 1.82) is 0 Å². The van der Waals surface area contributed by atoms with Crippen LogP contribution in [0.15, 0.2) is 24.3 Å². The van der Waals surface area contributed by atoms with Crippen LogP contribution in [-0.4, -0.2) is 75.2 Å². The number of ether oxygens (including phenoxy) is 1. The number of amides is 1. The van der Waals surface area contributed by atoms with Crippen molar-refractivity contribution in [3.05, 3.63) is 35.4 Å². The summed E-state index contributed by atoms with van der Waals surface area (Å²) in [5.74, 6) is 0.129. The van der Waals surface area contributed by atoms with Gasteiger partial charge in [0.2, 0.25) is 5.91 Å². The highest BCUT2D eigenvalue weighted by Crippen LogP contribution is 2.07. The number of aryl methyl sites for hydroxylation is 1. The first kappa shape index (κ1) is 17.9. The Balaban J connectivity index is 1.61. The van der Waals surface area contributed by atoms with Gasteiger partial charge in [0.05, 0.1) is 13.2 Å². The third-order valence-corrected chi connectivity index (χ3v) is 4.42. The number of carbonyl (C=O) groups is 1. The first-order chi connectivity index (χ1) is 11.2. The molecular weight excluding hydrogens is 290 g/mol. The Hall–Kier alpha value is -1.43.